The third kappa shape index (κ3) is 2.01. The molecule has 0 fully saturated rings. The van der Waals surface area contributed by atoms with Gasteiger partial charge in [-0.05, 0) is 41.7 Å². The van der Waals surface area contributed by atoms with Crippen molar-refractivity contribution in [2.45, 2.75) is 33.1 Å². The number of para-hydroxylation sites is 2. The van der Waals surface area contributed by atoms with E-state index >= 15 is 0 Å². The van der Waals surface area contributed by atoms with Crippen molar-refractivity contribution >= 4 is 16.8 Å². The molecule has 4 rings (SSSR count). The molecule has 2 aromatic heterocycles. The molecule has 24 heavy (non-hydrogen) atoms. The lowest BCUT2D eigenvalue weighted by Gasteiger charge is -2.22. The number of aryl methyl sites for hydroxylation is 1. The smallest absolute Gasteiger partial charge is 0.237 e. The van der Waals surface area contributed by atoms with Gasteiger partial charge >= 0.3 is 5.78 Å². The van der Waals surface area contributed by atoms with Crippen LogP contribution < -0.4 is 4.57 Å². The van der Waals surface area contributed by atoms with Crippen LogP contribution in [0.1, 0.15) is 31.9 Å². The quantitative estimate of drug-likeness (QED) is 0.464. The third-order valence-corrected chi connectivity index (χ3v) is 4.91. The molecule has 0 bridgehead atoms. The minimum atomic E-state index is 0.128. The molecule has 0 amide bonds. The number of aromatic nitrogens is 3. The molecule has 0 N–H and O–H groups in total. The van der Waals surface area contributed by atoms with Gasteiger partial charge in [-0.2, -0.15) is 8.97 Å². The van der Waals surface area contributed by atoms with Crippen LogP contribution in [-0.2, 0) is 12.5 Å². The van der Waals surface area contributed by atoms with Crippen LogP contribution in [0.3, 0.4) is 0 Å². The van der Waals surface area contributed by atoms with Crippen molar-refractivity contribution < 1.29 is 4.57 Å². The lowest BCUT2D eigenvalue weighted by molar-refractivity contribution is -0.646. The summed E-state index contributed by atoms with van der Waals surface area (Å²) in [6, 6.07) is 15.3. The molecule has 4 aromatic rings. The highest BCUT2D eigenvalue weighted by Crippen LogP contribution is 2.32. The minimum absolute atomic E-state index is 0.128. The summed E-state index contributed by atoms with van der Waals surface area (Å²) in [6.07, 6.45) is 4.25. The average molecular weight is 318 g/mol. The maximum atomic E-state index is 2.37. The lowest BCUT2D eigenvalue weighted by Crippen LogP contribution is -2.28. The van der Waals surface area contributed by atoms with Crippen molar-refractivity contribution in [1.29, 1.82) is 0 Å². The molecule has 2 heterocycles. The zero-order valence-electron chi connectivity index (χ0n) is 15.0. The highest BCUT2D eigenvalue weighted by Gasteiger charge is 2.25. The summed E-state index contributed by atoms with van der Waals surface area (Å²) < 4.78 is 6.82. The highest BCUT2D eigenvalue weighted by atomic mass is 15.2. The fourth-order valence-corrected chi connectivity index (χ4v) is 3.80. The second-order valence-corrected chi connectivity index (χ2v) is 7.60. The highest BCUT2D eigenvalue weighted by molar-refractivity contribution is 5.83. The number of hydrogen-bond donors (Lipinski definition) is 0. The van der Waals surface area contributed by atoms with Crippen molar-refractivity contribution in [1.82, 2.24) is 8.97 Å². The SMILES string of the molecule is Cc1c(-n2c3ccccc3n3cc[n+](C)c23)cccc1C(C)(C)C. The van der Waals surface area contributed by atoms with Crippen LogP contribution >= 0.6 is 0 Å². The van der Waals surface area contributed by atoms with E-state index in [0.29, 0.717) is 0 Å². The minimum Gasteiger partial charge on any atom is -0.237 e. The van der Waals surface area contributed by atoms with Crippen molar-refractivity contribution in [2.75, 3.05) is 0 Å². The summed E-state index contributed by atoms with van der Waals surface area (Å²) in [7, 11) is 2.10. The largest absolute Gasteiger partial charge is 0.374 e. The van der Waals surface area contributed by atoms with E-state index < -0.39 is 0 Å². The Morgan fingerprint density at radius 1 is 0.917 bits per heavy atom. The molecule has 0 aliphatic heterocycles. The molecule has 2 aromatic carbocycles. The zero-order chi connectivity index (χ0) is 17.1. The van der Waals surface area contributed by atoms with E-state index in [1.165, 1.54) is 33.6 Å². The first-order valence-electron chi connectivity index (χ1n) is 8.46. The maximum Gasteiger partial charge on any atom is 0.374 e. The van der Waals surface area contributed by atoms with Crippen LogP contribution in [0.2, 0.25) is 0 Å². The predicted octanol–water partition coefficient (Wildman–Crippen LogP) is 4.31. The second-order valence-electron chi connectivity index (χ2n) is 7.60. The van der Waals surface area contributed by atoms with Crippen LogP contribution in [0.15, 0.2) is 54.9 Å². The van der Waals surface area contributed by atoms with E-state index in [2.05, 4.69) is 103 Å². The van der Waals surface area contributed by atoms with Crippen LogP contribution in [0.4, 0.5) is 0 Å². The summed E-state index contributed by atoms with van der Waals surface area (Å²) in [5.74, 6) is 1.17. The van der Waals surface area contributed by atoms with Crippen molar-refractivity contribution in [3.05, 3.63) is 66.0 Å². The van der Waals surface area contributed by atoms with Crippen molar-refractivity contribution in [2.24, 2.45) is 7.05 Å². The van der Waals surface area contributed by atoms with Crippen LogP contribution in [0, 0.1) is 6.92 Å². The Morgan fingerprint density at radius 2 is 1.62 bits per heavy atom. The second kappa shape index (κ2) is 4.97. The van der Waals surface area contributed by atoms with Crippen LogP contribution in [-0.4, -0.2) is 8.97 Å². The zero-order valence-corrected chi connectivity index (χ0v) is 15.0. The summed E-state index contributed by atoms with van der Waals surface area (Å²) in [4.78, 5) is 0. The first kappa shape index (κ1) is 15.0. The first-order valence-corrected chi connectivity index (χ1v) is 8.46. The van der Waals surface area contributed by atoms with Crippen LogP contribution in [0.5, 0.6) is 0 Å². The van der Waals surface area contributed by atoms with E-state index in [0.717, 1.165) is 0 Å². The lowest BCUT2D eigenvalue weighted by atomic mass is 9.83. The molecule has 3 heteroatoms. The van der Waals surface area contributed by atoms with Crippen LogP contribution in [0.25, 0.3) is 22.5 Å². The van der Waals surface area contributed by atoms with Gasteiger partial charge in [0.15, 0.2) is 0 Å². The van der Waals surface area contributed by atoms with E-state index in [4.69, 9.17) is 0 Å². The number of imidazole rings is 2. The summed E-state index contributed by atoms with van der Waals surface area (Å²) in [5, 5.41) is 0. The summed E-state index contributed by atoms with van der Waals surface area (Å²) in [6.45, 7) is 9.07. The summed E-state index contributed by atoms with van der Waals surface area (Å²) in [5.41, 5.74) is 6.58. The van der Waals surface area contributed by atoms with Gasteiger partial charge in [0, 0.05) is 0 Å². The van der Waals surface area contributed by atoms with Crippen molar-refractivity contribution in [3.63, 3.8) is 0 Å². The molecule has 0 atom stereocenters. The Hall–Kier alpha value is -2.55. The number of nitrogens with zero attached hydrogens (tertiary/aromatic N) is 3. The molecule has 3 nitrogen and oxygen atoms in total. The van der Waals surface area contributed by atoms with Gasteiger partial charge in [-0.1, -0.05) is 45.0 Å². The molecular weight excluding hydrogens is 294 g/mol. The number of hydrogen-bond acceptors (Lipinski definition) is 0. The standard InChI is InChI=1S/C21H24N3/c1-15-16(21(2,3)4)9-8-12-17(15)24-19-11-7-6-10-18(19)23-14-13-22(5)20(23)24/h6-14H,1-5H3/q+1. The van der Waals surface area contributed by atoms with Gasteiger partial charge in [-0.3, -0.25) is 0 Å². The molecule has 0 aliphatic carbocycles. The van der Waals surface area contributed by atoms with Crippen molar-refractivity contribution in [3.8, 4) is 5.69 Å². The molecule has 122 valence electrons. The van der Waals surface area contributed by atoms with E-state index in [1.54, 1.807) is 0 Å². The fourth-order valence-electron chi connectivity index (χ4n) is 3.80. The molecule has 0 aliphatic rings. The maximum absolute atomic E-state index is 2.37. The summed E-state index contributed by atoms with van der Waals surface area (Å²) >= 11 is 0. The molecule has 0 saturated heterocycles. The Kier molecular flexibility index (Phi) is 3.11. The van der Waals surface area contributed by atoms with Gasteiger partial charge in [0.1, 0.15) is 22.9 Å². The van der Waals surface area contributed by atoms with Gasteiger partial charge in [-0.25, -0.2) is 4.57 Å². The Morgan fingerprint density at radius 3 is 2.33 bits per heavy atom. The van der Waals surface area contributed by atoms with Gasteiger partial charge in [0.2, 0.25) is 0 Å². The fraction of sp³-hybridized carbons (Fsp3) is 0.286. The van der Waals surface area contributed by atoms with Gasteiger partial charge in [0.25, 0.3) is 0 Å². The number of benzene rings is 2. The molecule has 0 unspecified atom stereocenters. The Balaban J connectivity index is 2.15. The van der Waals surface area contributed by atoms with Gasteiger partial charge < -0.3 is 0 Å². The molecule has 0 radical (unpaired) electrons. The number of fused-ring (bicyclic) bond motifs is 3. The normalized spacial score (nSPS) is 12.4. The third-order valence-electron chi connectivity index (χ3n) is 4.91. The van der Waals surface area contributed by atoms with E-state index in [9.17, 15) is 0 Å². The van der Waals surface area contributed by atoms with E-state index in [1.807, 2.05) is 0 Å². The molecular formula is C21H24N3+. The van der Waals surface area contributed by atoms with Gasteiger partial charge in [0.05, 0.1) is 13.2 Å². The Labute approximate surface area is 142 Å². The molecule has 0 spiro atoms. The first-order chi connectivity index (χ1) is 11.4. The predicted molar refractivity (Wildman–Crippen MR) is 98.8 cm³/mol. The van der Waals surface area contributed by atoms with Gasteiger partial charge in [-0.15, -0.1) is 0 Å². The average Bonchev–Trinajstić information content (AvgIpc) is 3.05. The Bertz CT molecular complexity index is 1060. The topological polar surface area (TPSA) is 13.2 Å². The van der Waals surface area contributed by atoms with E-state index in [-0.39, 0.29) is 5.41 Å². The number of rotatable bonds is 1. The molecule has 0 saturated carbocycles. The monoisotopic (exact) mass is 318 g/mol.